The number of carbonyl (C=O) groups is 1. The van der Waals surface area contributed by atoms with Gasteiger partial charge in [0.25, 0.3) is 5.56 Å². The summed E-state index contributed by atoms with van der Waals surface area (Å²) in [5.41, 5.74) is -0.159. The minimum atomic E-state index is -0.315. The van der Waals surface area contributed by atoms with Crippen molar-refractivity contribution in [1.29, 1.82) is 0 Å². The number of piperidine rings is 1. The number of carbonyl (C=O) groups excluding carboxylic acids is 1. The molecule has 0 aromatic carbocycles. The molecule has 2 unspecified atom stereocenters. The van der Waals surface area contributed by atoms with E-state index in [1.165, 1.54) is 18.1 Å². The van der Waals surface area contributed by atoms with E-state index < -0.39 is 0 Å². The fourth-order valence-electron chi connectivity index (χ4n) is 3.26. The first-order valence-corrected chi connectivity index (χ1v) is 9.24. The fraction of sp³-hybridized carbons (Fsp3) is 0.556. The Kier molecular flexibility index (Phi) is 4.77. The van der Waals surface area contributed by atoms with E-state index in [0.29, 0.717) is 18.7 Å². The van der Waals surface area contributed by atoms with Crippen LogP contribution in [0.1, 0.15) is 61.1 Å². The first-order chi connectivity index (χ1) is 11.8. The molecule has 1 aliphatic heterocycles. The Morgan fingerprint density at radius 3 is 2.72 bits per heavy atom. The second kappa shape index (κ2) is 6.71. The van der Waals surface area contributed by atoms with Gasteiger partial charge < -0.3 is 14.2 Å². The molecule has 136 valence electrons. The zero-order chi connectivity index (χ0) is 18.2. The van der Waals surface area contributed by atoms with Gasteiger partial charge >= 0.3 is 6.09 Å². The molecule has 0 spiro atoms. The first kappa shape index (κ1) is 17.8. The van der Waals surface area contributed by atoms with Crippen molar-refractivity contribution in [1.82, 2.24) is 10.1 Å². The van der Waals surface area contributed by atoms with Crippen molar-refractivity contribution in [3.05, 3.63) is 44.1 Å². The molecule has 0 saturated carbocycles. The van der Waals surface area contributed by atoms with Gasteiger partial charge in [0.05, 0.1) is 13.2 Å². The number of rotatable bonds is 2. The Balaban J connectivity index is 1.90. The predicted molar refractivity (Wildman–Crippen MR) is 96.2 cm³/mol. The second-order valence-corrected chi connectivity index (χ2v) is 8.58. The summed E-state index contributed by atoms with van der Waals surface area (Å²) in [6, 6.07) is 5.66. The van der Waals surface area contributed by atoms with Crippen LogP contribution in [0.2, 0.25) is 0 Å². The van der Waals surface area contributed by atoms with E-state index in [1.807, 2.05) is 0 Å². The molecule has 0 aliphatic carbocycles. The number of thiophene rings is 1. The normalized spacial score (nSPS) is 21.4. The van der Waals surface area contributed by atoms with Gasteiger partial charge in [-0.1, -0.05) is 20.8 Å². The number of likely N-dealkylation sites (tertiary alicyclic amines) is 1. The van der Waals surface area contributed by atoms with Crippen molar-refractivity contribution in [2.75, 3.05) is 13.7 Å². The van der Waals surface area contributed by atoms with Crippen molar-refractivity contribution in [2.24, 2.45) is 0 Å². The van der Waals surface area contributed by atoms with E-state index in [4.69, 9.17) is 9.26 Å². The summed E-state index contributed by atoms with van der Waals surface area (Å²) in [5.74, 6) is 0.761. The molecule has 1 N–H and O–H groups in total. The third kappa shape index (κ3) is 3.66. The summed E-state index contributed by atoms with van der Waals surface area (Å²) in [6.45, 7) is 7.11. The highest BCUT2D eigenvalue weighted by molar-refractivity contribution is 7.12. The number of aromatic amines is 1. The quantitative estimate of drug-likeness (QED) is 0.873. The summed E-state index contributed by atoms with van der Waals surface area (Å²) in [6.07, 6.45) is 1.13. The third-order valence-electron chi connectivity index (χ3n) is 4.65. The average molecular weight is 364 g/mol. The Bertz CT molecular complexity index is 798. The molecule has 1 aliphatic rings. The van der Waals surface area contributed by atoms with Gasteiger partial charge in [0.15, 0.2) is 0 Å². The van der Waals surface area contributed by atoms with Crippen molar-refractivity contribution in [3.8, 4) is 0 Å². The molecule has 6 nitrogen and oxygen atoms in total. The van der Waals surface area contributed by atoms with Crippen LogP contribution in [0.15, 0.2) is 27.5 Å². The lowest BCUT2D eigenvalue weighted by molar-refractivity contribution is 0.0825. The van der Waals surface area contributed by atoms with Gasteiger partial charge in [-0.25, -0.2) is 4.79 Å². The molecule has 25 heavy (non-hydrogen) atoms. The van der Waals surface area contributed by atoms with Crippen LogP contribution in [0.25, 0.3) is 0 Å². The van der Waals surface area contributed by atoms with E-state index in [-0.39, 0.29) is 29.0 Å². The smallest absolute Gasteiger partial charge is 0.410 e. The highest BCUT2D eigenvalue weighted by atomic mass is 32.1. The van der Waals surface area contributed by atoms with Gasteiger partial charge in [-0.3, -0.25) is 4.79 Å². The monoisotopic (exact) mass is 364 g/mol. The number of H-pyrrole nitrogens is 1. The number of ether oxygens (including phenoxy) is 1. The maximum Gasteiger partial charge on any atom is 0.410 e. The fourth-order valence-corrected chi connectivity index (χ4v) is 4.45. The predicted octanol–water partition coefficient (Wildman–Crippen LogP) is 4.01. The standard InChI is InChI=1S/C18H24N2O4S/c1-18(2,3)15-6-5-14(25-15)12-9-11(13-10-16(21)19-24-13)7-8-20(12)17(22)23-4/h5-6,10-12H,7-9H2,1-4H3,(H,19,21). The van der Waals surface area contributed by atoms with E-state index in [1.54, 1.807) is 16.2 Å². The molecule has 1 fully saturated rings. The average Bonchev–Trinajstić information content (AvgIpc) is 3.22. The Labute approximate surface area is 150 Å². The van der Waals surface area contributed by atoms with Crippen molar-refractivity contribution in [3.63, 3.8) is 0 Å². The molecule has 3 heterocycles. The third-order valence-corrected chi connectivity index (χ3v) is 6.26. The number of methoxy groups -OCH3 is 1. The van der Waals surface area contributed by atoms with E-state index >= 15 is 0 Å². The number of nitrogens with one attached hydrogen (secondary N) is 1. The summed E-state index contributed by atoms with van der Waals surface area (Å²) in [5, 5.41) is 2.36. The molecule has 1 amide bonds. The van der Waals surface area contributed by atoms with E-state index in [2.05, 4.69) is 38.1 Å². The number of nitrogens with zero attached hydrogens (tertiary/aromatic N) is 1. The number of hydrogen-bond acceptors (Lipinski definition) is 5. The first-order valence-electron chi connectivity index (χ1n) is 8.43. The van der Waals surface area contributed by atoms with Crippen molar-refractivity contribution >= 4 is 17.4 Å². The lowest BCUT2D eigenvalue weighted by Gasteiger charge is -2.37. The van der Waals surface area contributed by atoms with Gasteiger partial charge in [0.1, 0.15) is 5.76 Å². The van der Waals surface area contributed by atoms with Gasteiger partial charge in [-0.05, 0) is 30.4 Å². The molecular weight excluding hydrogens is 340 g/mol. The van der Waals surface area contributed by atoms with Gasteiger partial charge in [-0.2, -0.15) is 5.16 Å². The molecule has 3 rings (SSSR count). The van der Waals surface area contributed by atoms with Crippen LogP contribution in [-0.2, 0) is 10.2 Å². The number of amides is 1. The van der Waals surface area contributed by atoms with Crippen molar-refractivity contribution in [2.45, 2.75) is 51.0 Å². The maximum absolute atomic E-state index is 12.2. The molecule has 2 atom stereocenters. The summed E-state index contributed by atoms with van der Waals surface area (Å²) < 4.78 is 10.3. The van der Waals surface area contributed by atoms with Gasteiger partial charge in [-0.15, -0.1) is 11.3 Å². The highest BCUT2D eigenvalue weighted by Gasteiger charge is 2.36. The van der Waals surface area contributed by atoms with Crippen LogP contribution in [-0.4, -0.2) is 29.8 Å². The van der Waals surface area contributed by atoms with Crippen LogP contribution in [0, 0.1) is 0 Å². The van der Waals surface area contributed by atoms with Crippen LogP contribution < -0.4 is 5.56 Å². The van der Waals surface area contributed by atoms with Crippen LogP contribution in [0.5, 0.6) is 0 Å². The minimum Gasteiger partial charge on any atom is -0.453 e. The zero-order valence-electron chi connectivity index (χ0n) is 15.0. The topological polar surface area (TPSA) is 75.5 Å². The van der Waals surface area contributed by atoms with Crippen molar-refractivity contribution < 1.29 is 14.1 Å². The molecule has 7 heteroatoms. The maximum atomic E-state index is 12.2. The molecule has 1 saturated heterocycles. The second-order valence-electron chi connectivity index (χ2n) is 7.47. The molecule has 2 aromatic rings. The summed E-state index contributed by atoms with van der Waals surface area (Å²) >= 11 is 1.73. The van der Waals surface area contributed by atoms with Crippen LogP contribution >= 0.6 is 11.3 Å². The van der Waals surface area contributed by atoms with Crippen LogP contribution in [0.4, 0.5) is 4.79 Å². The van der Waals surface area contributed by atoms with Crippen LogP contribution in [0.3, 0.4) is 0 Å². The molecule has 0 radical (unpaired) electrons. The minimum absolute atomic E-state index is 0.0700. The van der Waals surface area contributed by atoms with E-state index in [9.17, 15) is 9.59 Å². The Morgan fingerprint density at radius 2 is 2.16 bits per heavy atom. The number of aromatic nitrogens is 1. The molecular formula is C18H24N2O4S. The Hall–Kier alpha value is -2.02. The van der Waals surface area contributed by atoms with E-state index in [0.717, 1.165) is 11.3 Å². The highest BCUT2D eigenvalue weighted by Crippen LogP contribution is 2.43. The lowest BCUT2D eigenvalue weighted by atomic mass is 9.88. The molecule has 2 aromatic heterocycles. The molecule has 0 bridgehead atoms. The number of hydrogen-bond donors (Lipinski definition) is 1. The largest absolute Gasteiger partial charge is 0.453 e. The van der Waals surface area contributed by atoms with Gasteiger partial charge in [0.2, 0.25) is 0 Å². The Morgan fingerprint density at radius 1 is 1.40 bits per heavy atom. The van der Waals surface area contributed by atoms with Gasteiger partial charge in [0, 0.05) is 28.3 Å². The zero-order valence-corrected chi connectivity index (χ0v) is 15.8. The summed E-state index contributed by atoms with van der Waals surface area (Å²) in [4.78, 5) is 27.8. The summed E-state index contributed by atoms with van der Waals surface area (Å²) in [7, 11) is 1.41. The SMILES string of the molecule is COC(=O)N1CCC(c2cc(=O)[nH]o2)CC1c1ccc(C(C)(C)C)s1. The lowest BCUT2D eigenvalue weighted by Crippen LogP contribution is -2.40.